The van der Waals surface area contributed by atoms with Gasteiger partial charge in [-0.15, -0.1) is 0 Å². The molecule has 0 fully saturated rings. The third-order valence-electron chi connectivity index (χ3n) is 5.31. The Balaban J connectivity index is 1.38. The number of nitrogens with zero attached hydrogens (tertiary/aromatic N) is 6. The largest absolute Gasteiger partial charge is 0.490 e. The van der Waals surface area contributed by atoms with Crippen molar-refractivity contribution in [1.29, 1.82) is 5.41 Å². The minimum Gasteiger partial charge on any atom is -0.490 e. The van der Waals surface area contributed by atoms with Gasteiger partial charge in [0.15, 0.2) is 17.3 Å². The summed E-state index contributed by atoms with van der Waals surface area (Å²) in [6.45, 7) is 6.17. The predicted octanol–water partition coefficient (Wildman–Crippen LogP) is 3.86. The van der Waals surface area contributed by atoms with Gasteiger partial charge in [-0.1, -0.05) is 24.3 Å². The third kappa shape index (κ3) is 5.04. The van der Waals surface area contributed by atoms with E-state index in [0.717, 1.165) is 22.9 Å². The lowest BCUT2D eigenvalue weighted by Gasteiger charge is -2.20. The highest BCUT2D eigenvalue weighted by atomic mass is 32.2. The highest BCUT2D eigenvalue weighted by Gasteiger charge is 2.35. The smallest absolute Gasteiger partial charge is 0.283 e. The number of thioether (sulfide) groups is 1. The van der Waals surface area contributed by atoms with Crippen LogP contribution in [-0.4, -0.2) is 48.2 Å². The van der Waals surface area contributed by atoms with E-state index < -0.39 is 5.91 Å². The van der Waals surface area contributed by atoms with E-state index in [0.29, 0.717) is 39.5 Å². The number of aliphatic imine (C=N–C) groups is 1. The van der Waals surface area contributed by atoms with E-state index in [9.17, 15) is 9.59 Å². The van der Waals surface area contributed by atoms with Crippen LogP contribution in [0.2, 0.25) is 0 Å². The zero-order chi connectivity index (χ0) is 26.1. The number of hydrogen-bond acceptors (Lipinski definition) is 10. The highest BCUT2D eigenvalue weighted by molar-refractivity contribution is 8.26. The lowest BCUT2D eigenvalue weighted by Crippen LogP contribution is -2.35. The Morgan fingerprint density at radius 2 is 1.97 bits per heavy atom. The van der Waals surface area contributed by atoms with Gasteiger partial charge in [0, 0.05) is 6.07 Å². The number of aromatic nitrogens is 3. The minimum absolute atomic E-state index is 0.0158. The van der Waals surface area contributed by atoms with Crippen LogP contribution in [0.3, 0.4) is 0 Å². The van der Waals surface area contributed by atoms with Crippen molar-refractivity contribution in [3.63, 3.8) is 0 Å². The molecule has 190 valence electrons. The van der Waals surface area contributed by atoms with Crippen molar-refractivity contribution in [3.8, 4) is 11.5 Å². The SMILES string of the molecule is CCCC1=NN2C(=N)/C(=C\c3ccc(OCc4cc(=O)n5nc(C)sc5n4)c(OCC)c3)C(=O)N=C2S1. The monoisotopic (exact) mass is 537 g/mol. The van der Waals surface area contributed by atoms with E-state index in [4.69, 9.17) is 14.9 Å². The lowest BCUT2D eigenvalue weighted by molar-refractivity contribution is -0.114. The predicted molar refractivity (Wildman–Crippen MR) is 144 cm³/mol. The fraction of sp³-hybridized carbons (Fsp3) is 0.292. The summed E-state index contributed by atoms with van der Waals surface area (Å²) >= 11 is 2.65. The number of benzene rings is 1. The number of ether oxygens (including phenoxy) is 2. The summed E-state index contributed by atoms with van der Waals surface area (Å²) in [6.07, 6.45) is 3.28. The summed E-state index contributed by atoms with van der Waals surface area (Å²) in [6, 6.07) is 6.60. The first-order valence-corrected chi connectivity index (χ1v) is 13.2. The molecule has 0 bridgehead atoms. The maximum absolute atomic E-state index is 12.7. The third-order valence-corrected chi connectivity index (χ3v) is 7.11. The molecule has 0 atom stereocenters. The molecular formula is C24H23N7O4S2. The Hall–Kier alpha value is -3.84. The summed E-state index contributed by atoms with van der Waals surface area (Å²) < 4.78 is 13.0. The number of carbonyl (C=O) groups excluding carboxylic acids is 1. The number of fused-ring (bicyclic) bond motifs is 2. The molecule has 1 N–H and O–H groups in total. The van der Waals surface area contributed by atoms with Crippen molar-refractivity contribution in [2.45, 2.75) is 40.2 Å². The van der Waals surface area contributed by atoms with Gasteiger partial charge in [0.05, 0.1) is 17.9 Å². The quantitative estimate of drug-likeness (QED) is 0.428. The molecule has 0 saturated heterocycles. The van der Waals surface area contributed by atoms with Crippen LogP contribution in [0.4, 0.5) is 0 Å². The molecule has 0 radical (unpaired) electrons. The average Bonchev–Trinajstić information content (AvgIpc) is 3.44. The normalized spacial score (nSPS) is 16.3. The van der Waals surface area contributed by atoms with Crippen LogP contribution in [0, 0.1) is 12.3 Å². The molecule has 4 heterocycles. The molecule has 2 aliphatic heterocycles. The molecule has 0 spiro atoms. The topological polar surface area (TPSA) is 135 Å². The maximum atomic E-state index is 12.7. The van der Waals surface area contributed by atoms with Gasteiger partial charge in [-0.2, -0.15) is 24.7 Å². The van der Waals surface area contributed by atoms with Crippen molar-refractivity contribution >= 4 is 56.1 Å². The van der Waals surface area contributed by atoms with Gasteiger partial charge in [-0.3, -0.25) is 15.0 Å². The Morgan fingerprint density at radius 3 is 2.76 bits per heavy atom. The first-order valence-electron chi connectivity index (χ1n) is 11.6. The van der Waals surface area contributed by atoms with E-state index in [-0.39, 0.29) is 23.6 Å². The number of amidine groups is 2. The lowest BCUT2D eigenvalue weighted by atomic mass is 10.1. The van der Waals surface area contributed by atoms with E-state index in [1.54, 1.807) is 24.3 Å². The van der Waals surface area contributed by atoms with Crippen molar-refractivity contribution < 1.29 is 14.3 Å². The molecular weight excluding hydrogens is 514 g/mol. The molecule has 1 aromatic carbocycles. The van der Waals surface area contributed by atoms with Crippen LogP contribution in [0.5, 0.6) is 11.5 Å². The second-order valence-electron chi connectivity index (χ2n) is 8.09. The number of hydrazone groups is 1. The number of carbonyl (C=O) groups is 1. The standard InChI is InChI=1S/C24H23N7O4S2/c1-4-6-19-29-31-21(25)16(22(33)27-24(31)37-19)9-14-7-8-17(18(10-14)34-5-2)35-12-15-11-20(32)30-23(26-15)36-13(3)28-30/h7-11,25H,4-6,12H2,1-3H3/b16-9+,25-21?. The molecule has 2 aromatic heterocycles. The average molecular weight is 538 g/mol. The number of hydrogen-bond donors (Lipinski definition) is 1. The van der Waals surface area contributed by atoms with Gasteiger partial charge in [-0.05, 0) is 62.2 Å². The zero-order valence-electron chi connectivity index (χ0n) is 20.3. The van der Waals surface area contributed by atoms with Crippen LogP contribution in [0.1, 0.15) is 43.0 Å². The van der Waals surface area contributed by atoms with Crippen molar-refractivity contribution in [2.24, 2.45) is 10.1 Å². The fourth-order valence-electron chi connectivity index (χ4n) is 3.69. The van der Waals surface area contributed by atoms with Crippen LogP contribution in [0.25, 0.3) is 11.0 Å². The number of nitrogens with one attached hydrogen (secondary N) is 1. The van der Waals surface area contributed by atoms with Gasteiger partial charge in [0.1, 0.15) is 16.7 Å². The maximum Gasteiger partial charge on any atom is 0.283 e. The van der Waals surface area contributed by atoms with E-state index in [2.05, 4.69) is 20.2 Å². The molecule has 0 unspecified atom stereocenters. The van der Waals surface area contributed by atoms with Gasteiger partial charge in [0.25, 0.3) is 11.5 Å². The van der Waals surface area contributed by atoms with E-state index in [1.807, 2.05) is 20.8 Å². The summed E-state index contributed by atoms with van der Waals surface area (Å²) in [5.74, 6) is 0.419. The van der Waals surface area contributed by atoms with Gasteiger partial charge < -0.3 is 9.47 Å². The molecule has 13 heteroatoms. The van der Waals surface area contributed by atoms with E-state index in [1.165, 1.54) is 38.7 Å². The Bertz CT molecular complexity index is 1570. The molecule has 1 amide bonds. The molecule has 5 rings (SSSR count). The first-order chi connectivity index (χ1) is 17.9. The second kappa shape index (κ2) is 10.3. The Kier molecular flexibility index (Phi) is 6.89. The molecule has 11 nitrogen and oxygen atoms in total. The zero-order valence-corrected chi connectivity index (χ0v) is 22.0. The molecule has 37 heavy (non-hydrogen) atoms. The first kappa shape index (κ1) is 24.8. The highest BCUT2D eigenvalue weighted by Crippen LogP contribution is 2.32. The van der Waals surface area contributed by atoms with Crippen LogP contribution in [-0.2, 0) is 11.4 Å². The van der Waals surface area contributed by atoms with Crippen molar-refractivity contribution in [2.75, 3.05) is 6.61 Å². The van der Waals surface area contributed by atoms with Gasteiger partial charge in [0.2, 0.25) is 10.1 Å². The number of aryl methyl sites for hydroxylation is 1. The second-order valence-corrected chi connectivity index (χ2v) is 10.3. The number of amides is 1. The summed E-state index contributed by atoms with van der Waals surface area (Å²) in [5, 5.41) is 20.5. The minimum atomic E-state index is -0.485. The summed E-state index contributed by atoms with van der Waals surface area (Å²) in [4.78, 5) is 34.1. The Morgan fingerprint density at radius 1 is 1.14 bits per heavy atom. The van der Waals surface area contributed by atoms with Crippen molar-refractivity contribution in [1.82, 2.24) is 19.6 Å². The van der Waals surface area contributed by atoms with Gasteiger partial charge in [-0.25, -0.2) is 4.98 Å². The summed E-state index contributed by atoms with van der Waals surface area (Å²) in [5.41, 5.74) is 0.987. The molecule has 2 aliphatic rings. The Labute approximate surface area is 220 Å². The number of rotatable bonds is 8. The van der Waals surface area contributed by atoms with E-state index >= 15 is 0 Å². The molecule has 0 aliphatic carbocycles. The summed E-state index contributed by atoms with van der Waals surface area (Å²) in [7, 11) is 0. The van der Waals surface area contributed by atoms with Crippen LogP contribution >= 0.6 is 23.1 Å². The fourth-order valence-corrected chi connectivity index (χ4v) is 5.45. The van der Waals surface area contributed by atoms with Gasteiger partial charge >= 0.3 is 0 Å². The van der Waals surface area contributed by atoms with Crippen LogP contribution in [0.15, 0.2) is 44.7 Å². The molecule has 0 saturated carbocycles. The van der Waals surface area contributed by atoms with Crippen LogP contribution < -0.4 is 15.0 Å². The van der Waals surface area contributed by atoms with Crippen molar-refractivity contribution in [3.05, 3.63) is 56.5 Å². The molecule has 3 aromatic rings.